The Bertz CT molecular complexity index is 221. The van der Waals surface area contributed by atoms with E-state index < -0.39 is 0 Å². The van der Waals surface area contributed by atoms with Crippen LogP contribution in [0.25, 0.3) is 4.85 Å². The molecule has 1 unspecified atom stereocenters. The number of amides is 1. The van der Waals surface area contributed by atoms with Crippen molar-refractivity contribution in [2.45, 2.75) is 6.42 Å². The molecule has 1 fully saturated rings. The van der Waals surface area contributed by atoms with Crippen molar-refractivity contribution >= 4 is 5.91 Å². The summed E-state index contributed by atoms with van der Waals surface area (Å²) in [7, 11) is 2.08. The van der Waals surface area contributed by atoms with Crippen LogP contribution >= 0.6 is 0 Å². The first-order chi connectivity index (χ1) is 6.22. The van der Waals surface area contributed by atoms with E-state index in [1.807, 2.05) is 0 Å². The highest BCUT2D eigenvalue weighted by Gasteiger charge is 2.19. The Hall–Kier alpha value is -1.08. The van der Waals surface area contributed by atoms with Crippen molar-refractivity contribution in [3.8, 4) is 0 Å². The first-order valence-electron chi connectivity index (χ1n) is 4.51. The largest absolute Gasteiger partial charge is 0.349 e. The van der Waals surface area contributed by atoms with Crippen molar-refractivity contribution in [2.75, 3.05) is 33.2 Å². The molecule has 0 aliphatic carbocycles. The molecule has 0 aromatic carbocycles. The number of hydrogen-bond donors (Lipinski definition) is 1. The van der Waals surface area contributed by atoms with Crippen LogP contribution in [-0.4, -0.2) is 44.0 Å². The zero-order chi connectivity index (χ0) is 9.68. The van der Waals surface area contributed by atoms with Gasteiger partial charge in [0.1, 0.15) is 0 Å². The predicted molar refractivity (Wildman–Crippen MR) is 50.1 cm³/mol. The SMILES string of the molecule is [C-]#[N+]CC(=O)NCC1CCN(C)C1. The lowest BCUT2D eigenvalue weighted by Crippen LogP contribution is -2.31. The van der Waals surface area contributed by atoms with Crippen molar-refractivity contribution in [3.63, 3.8) is 0 Å². The molecular formula is C9H15N3O. The van der Waals surface area contributed by atoms with E-state index in [0.29, 0.717) is 5.92 Å². The fourth-order valence-corrected chi connectivity index (χ4v) is 1.58. The number of carbonyl (C=O) groups excluding carboxylic acids is 1. The fraction of sp³-hybridized carbons (Fsp3) is 0.778. The molecule has 13 heavy (non-hydrogen) atoms. The summed E-state index contributed by atoms with van der Waals surface area (Å²) in [4.78, 5) is 16.2. The van der Waals surface area contributed by atoms with Crippen LogP contribution in [0.2, 0.25) is 0 Å². The lowest BCUT2D eigenvalue weighted by atomic mass is 10.1. The standard InChI is InChI=1S/C9H15N3O/c1-10-6-9(13)11-5-8-3-4-12(2)7-8/h8H,3-7H2,2H3,(H,11,13). The number of carbonyl (C=O) groups is 1. The highest BCUT2D eigenvalue weighted by molar-refractivity contribution is 5.79. The molecule has 1 atom stereocenters. The van der Waals surface area contributed by atoms with Gasteiger partial charge in [-0.25, -0.2) is 6.57 Å². The Morgan fingerprint density at radius 1 is 1.77 bits per heavy atom. The van der Waals surface area contributed by atoms with E-state index in [2.05, 4.69) is 22.1 Å². The van der Waals surface area contributed by atoms with Crippen molar-refractivity contribution < 1.29 is 4.79 Å². The molecule has 4 nitrogen and oxygen atoms in total. The topological polar surface area (TPSA) is 36.7 Å². The molecule has 1 saturated heterocycles. The van der Waals surface area contributed by atoms with Crippen LogP contribution < -0.4 is 5.32 Å². The first kappa shape index (κ1) is 10.0. The van der Waals surface area contributed by atoms with Crippen LogP contribution in [-0.2, 0) is 4.79 Å². The summed E-state index contributed by atoms with van der Waals surface area (Å²) < 4.78 is 0. The monoisotopic (exact) mass is 181 g/mol. The van der Waals surface area contributed by atoms with Gasteiger partial charge < -0.3 is 15.1 Å². The van der Waals surface area contributed by atoms with Gasteiger partial charge in [-0.2, -0.15) is 0 Å². The molecule has 4 heteroatoms. The Labute approximate surface area is 78.7 Å². The second-order valence-corrected chi connectivity index (χ2v) is 3.54. The number of likely N-dealkylation sites (tertiary alicyclic amines) is 1. The molecule has 1 N–H and O–H groups in total. The molecule has 1 aliphatic heterocycles. The third-order valence-electron chi connectivity index (χ3n) is 2.30. The van der Waals surface area contributed by atoms with Crippen molar-refractivity contribution in [1.29, 1.82) is 0 Å². The van der Waals surface area contributed by atoms with E-state index in [1.165, 1.54) is 0 Å². The smallest absolute Gasteiger partial charge is 0.300 e. The molecule has 0 aromatic rings. The summed E-state index contributed by atoms with van der Waals surface area (Å²) >= 11 is 0. The molecule has 0 bridgehead atoms. The molecule has 0 saturated carbocycles. The lowest BCUT2D eigenvalue weighted by molar-refractivity contribution is -0.119. The summed E-state index contributed by atoms with van der Waals surface area (Å²) in [6.07, 6.45) is 1.15. The van der Waals surface area contributed by atoms with E-state index in [0.717, 1.165) is 26.1 Å². The second kappa shape index (κ2) is 4.83. The maximum absolute atomic E-state index is 10.9. The van der Waals surface area contributed by atoms with Gasteiger partial charge in [0.25, 0.3) is 12.5 Å². The van der Waals surface area contributed by atoms with Gasteiger partial charge >= 0.3 is 0 Å². The van der Waals surface area contributed by atoms with E-state index in [9.17, 15) is 4.79 Å². The zero-order valence-corrected chi connectivity index (χ0v) is 7.92. The number of nitrogens with zero attached hydrogens (tertiary/aromatic N) is 2. The van der Waals surface area contributed by atoms with Crippen molar-refractivity contribution in [3.05, 3.63) is 11.4 Å². The van der Waals surface area contributed by atoms with Crippen LogP contribution in [0.3, 0.4) is 0 Å². The molecular weight excluding hydrogens is 166 g/mol. The van der Waals surface area contributed by atoms with Crippen molar-refractivity contribution in [2.24, 2.45) is 5.92 Å². The van der Waals surface area contributed by atoms with Gasteiger partial charge in [-0.3, -0.25) is 4.79 Å². The Balaban J connectivity index is 2.13. The van der Waals surface area contributed by atoms with Crippen LogP contribution in [0.15, 0.2) is 0 Å². The molecule has 72 valence electrons. The van der Waals surface area contributed by atoms with Gasteiger partial charge in [-0.15, -0.1) is 0 Å². The minimum atomic E-state index is -0.149. The number of nitrogens with one attached hydrogen (secondary N) is 1. The predicted octanol–water partition coefficient (Wildman–Crippen LogP) is -0.0264. The number of hydrogen-bond acceptors (Lipinski definition) is 2. The maximum atomic E-state index is 10.9. The van der Waals surface area contributed by atoms with Gasteiger partial charge in [0.05, 0.1) is 0 Å². The molecule has 1 aliphatic rings. The van der Waals surface area contributed by atoms with Gasteiger partial charge in [-0.1, -0.05) is 0 Å². The minimum absolute atomic E-state index is 0.0391. The lowest BCUT2D eigenvalue weighted by Gasteiger charge is -2.09. The summed E-state index contributed by atoms with van der Waals surface area (Å²) in [6.45, 7) is 9.36. The summed E-state index contributed by atoms with van der Waals surface area (Å²) in [5, 5.41) is 2.77. The average molecular weight is 181 g/mol. The van der Waals surface area contributed by atoms with E-state index in [1.54, 1.807) is 0 Å². The van der Waals surface area contributed by atoms with Crippen LogP contribution in [0.4, 0.5) is 0 Å². The third kappa shape index (κ3) is 3.43. The van der Waals surface area contributed by atoms with Gasteiger partial charge in [0.15, 0.2) is 0 Å². The molecule has 1 heterocycles. The molecule has 0 spiro atoms. The van der Waals surface area contributed by atoms with Crippen LogP contribution in [0.5, 0.6) is 0 Å². The molecule has 1 rings (SSSR count). The molecule has 0 aromatic heterocycles. The van der Waals surface area contributed by atoms with Crippen LogP contribution in [0.1, 0.15) is 6.42 Å². The van der Waals surface area contributed by atoms with E-state index in [4.69, 9.17) is 6.57 Å². The Kier molecular flexibility index (Phi) is 3.71. The van der Waals surface area contributed by atoms with Gasteiger partial charge in [-0.05, 0) is 25.9 Å². The quantitative estimate of drug-likeness (QED) is 0.621. The number of rotatable bonds is 3. The van der Waals surface area contributed by atoms with E-state index in [-0.39, 0.29) is 12.5 Å². The summed E-state index contributed by atoms with van der Waals surface area (Å²) in [5.74, 6) is 0.421. The van der Waals surface area contributed by atoms with Gasteiger partial charge in [0.2, 0.25) is 0 Å². The zero-order valence-electron chi connectivity index (χ0n) is 7.92. The third-order valence-corrected chi connectivity index (χ3v) is 2.30. The summed E-state index contributed by atoms with van der Waals surface area (Å²) in [5.41, 5.74) is 0. The van der Waals surface area contributed by atoms with Crippen molar-refractivity contribution in [1.82, 2.24) is 10.2 Å². The average Bonchev–Trinajstić information content (AvgIpc) is 2.49. The minimum Gasteiger partial charge on any atom is -0.349 e. The Morgan fingerprint density at radius 2 is 2.54 bits per heavy atom. The second-order valence-electron chi connectivity index (χ2n) is 3.54. The Morgan fingerprint density at radius 3 is 3.08 bits per heavy atom. The molecule has 1 amide bonds. The van der Waals surface area contributed by atoms with Gasteiger partial charge in [0, 0.05) is 13.1 Å². The van der Waals surface area contributed by atoms with Crippen LogP contribution in [0, 0.1) is 12.5 Å². The highest BCUT2D eigenvalue weighted by atomic mass is 16.1. The maximum Gasteiger partial charge on any atom is 0.300 e. The normalized spacial score (nSPS) is 22.6. The highest BCUT2D eigenvalue weighted by Crippen LogP contribution is 2.12. The first-order valence-corrected chi connectivity index (χ1v) is 4.51. The summed E-state index contributed by atoms with van der Waals surface area (Å²) in [6, 6.07) is 0. The fourth-order valence-electron chi connectivity index (χ4n) is 1.58. The molecule has 0 radical (unpaired) electrons. The van der Waals surface area contributed by atoms with E-state index >= 15 is 0 Å².